The number of halogens is 1. The molecule has 0 saturated carbocycles. The third kappa shape index (κ3) is 2.36. The van der Waals surface area contributed by atoms with Crippen molar-refractivity contribution in [1.82, 2.24) is 9.55 Å². The van der Waals surface area contributed by atoms with Crippen LogP contribution in [0.4, 0.5) is 0 Å². The summed E-state index contributed by atoms with van der Waals surface area (Å²) in [6.45, 7) is 0.758. The Hall–Kier alpha value is -1.35. The van der Waals surface area contributed by atoms with Gasteiger partial charge < -0.3 is 4.57 Å². The van der Waals surface area contributed by atoms with Crippen LogP contribution < -0.4 is 0 Å². The van der Waals surface area contributed by atoms with Crippen molar-refractivity contribution in [2.24, 2.45) is 0 Å². The predicted octanol–water partition coefficient (Wildman–Crippen LogP) is 2.41. The van der Waals surface area contributed by atoms with Gasteiger partial charge in [-0.2, -0.15) is 5.26 Å². The Morgan fingerprint density at radius 1 is 1.47 bits per heavy atom. The topological polar surface area (TPSA) is 41.6 Å². The first-order valence-corrected chi connectivity index (χ1v) is 5.53. The summed E-state index contributed by atoms with van der Waals surface area (Å²) in [4.78, 5) is 4.14. The van der Waals surface area contributed by atoms with Gasteiger partial charge in [0.1, 0.15) is 0 Å². The van der Waals surface area contributed by atoms with E-state index in [2.05, 4.69) is 33.6 Å². The zero-order valence-electron chi connectivity index (χ0n) is 7.89. The van der Waals surface area contributed by atoms with Crippen LogP contribution in [0.5, 0.6) is 0 Å². The molecular formula is C11H8IN3. The second-order valence-electron chi connectivity index (χ2n) is 3.14. The lowest BCUT2D eigenvalue weighted by atomic mass is 10.1. The zero-order chi connectivity index (χ0) is 10.7. The Bertz CT molecular complexity index is 511. The van der Waals surface area contributed by atoms with Crippen LogP contribution in [0.3, 0.4) is 0 Å². The molecule has 1 aromatic carbocycles. The average molecular weight is 309 g/mol. The number of rotatable bonds is 2. The smallest absolute Gasteiger partial charge is 0.171 e. The first kappa shape index (κ1) is 10.2. The van der Waals surface area contributed by atoms with Crippen LogP contribution in [0.2, 0.25) is 0 Å². The molecular weight excluding hydrogens is 301 g/mol. The van der Waals surface area contributed by atoms with E-state index in [-0.39, 0.29) is 0 Å². The van der Waals surface area contributed by atoms with Gasteiger partial charge >= 0.3 is 0 Å². The lowest BCUT2D eigenvalue weighted by Gasteiger charge is -2.04. The number of benzene rings is 1. The van der Waals surface area contributed by atoms with Gasteiger partial charge in [0.15, 0.2) is 3.83 Å². The molecule has 0 aliphatic rings. The molecule has 0 aliphatic heterocycles. The number of hydrogen-bond acceptors (Lipinski definition) is 2. The molecule has 3 nitrogen and oxygen atoms in total. The summed E-state index contributed by atoms with van der Waals surface area (Å²) in [5, 5.41) is 8.77. The first-order chi connectivity index (χ1) is 7.29. The van der Waals surface area contributed by atoms with E-state index in [0.29, 0.717) is 5.56 Å². The molecule has 0 fully saturated rings. The van der Waals surface area contributed by atoms with Gasteiger partial charge in [-0.25, -0.2) is 4.98 Å². The maximum atomic E-state index is 8.77. The third-order valence-corrected chi connectivity index (χ3v) is 2.97. The van der Waals surface area contributed by atoms with Crippen molar-refractivity contribution in [2.75, 3.05) is 0 Å². The van der Waals surface area contributed by atoms with E-state index in [9.17, 15) is 0 Å². The molecule has 2 rings (SSSR count). The number of nitrogens with zero attached hydrogens (tertiary/aromatic N) is 3. The predicted molar refractivity (Wildman–Crippen MR) is 65.2 cm³/mol. The number of imidazole rings is 1. The van der Waals surface area contributed by atoms with Crippen LogP contribution in [0, 0.1) is 15.2 Å². The molecule has 0 bridgehead atoms. The van der Waals surface area contributed by atoms with Crippen LogP contribution in [0.1, 0.15) is 11.1 Å². The second-order valence-corrected chi connectivity index (χ2v) is 4.10. The van der Waals surface area contributed by atoms with Crippen molar-refractivity contribution in [1.29, 1.82) is 5.26 Å². The van der Waals surface area contributed by atoms with E-state index < -0.39 is 0 Å². The standard InChI is InChI=1S/C11H8IN3/c12-11-14-4-5-15(11)8-10-3-1-2-9(6-10)7-13/h1-6H,8H2. The van der Waals surface area contributed by atoms with Crippen molar-refractivity contribution in [3.8, 4) is 6.07 Å². The monoisotopic (exact) mass is 309 g/mol. The Kier molecular flexibility index (Phi) is 3.02. The summed E-state index contributed by atoms with van der Waals surface area (Å²) in [6.07, 6.45) is 3.71. The van der Waals surface area contributed by atoms with Gasteiger partial charge in [0, 0.05) is 18.9 Å². The highest BCUT2D eigenvalue weighted by Gasteiger charge is 2.00. The van der Waals surface area contributed by atoms with Crippen LogP contribution >= 0.6 is 22.6 Å². The largest absolute Gasteiger partial charge is 0.322 e. The highest BCUT2D eigenvalue weighted by Crippen LogP contribution is 2.09. The molecule has 15 heavy (non-hydrogen) atoms. The molecule has 0 N–H and O–H groups in total. The maximum Gasteiger partial charge on any atom is 0.171 e. The number of nitriles is 1. The lowest BCUT2D eigenvalue weighted by Crippen LogP contribution is -2.00. The molecule has 74 valence electrons. The average Bonchev–Trinajstić information content (AvgIpc) is 2.65. The molecule has 0 atom stereocenters. The molecule has 0 unspecified atom stereocenters. The van der Waals surface area contributed by atoms with Gasteiger partial charge in [0.25, 0.3) is 0 Å². The minimum Gasteiger partial charge on any atom is -0.322 e. The fourth-order valence-corrected chi connectivity index (χ4v) is 1.86. The van der Waals surface area contributed by atoms with Crippen molar-refractivity contribution in [2.45, 2.75) is 6.54 Å². The van der Waals surface area contributed by atoms with Crippen LogP contribution in [-0.2, 0) is 6.54 Å². The first-order valence-electron chi connectivity index (χ1n) is 4.45. The second kappa shape index (κ2) is 4.45. The van der Waals surface area contributed by atoms with Crippen molar-refractivity contribution in [3.63, 3.8) is 0 Å². The third-order valence-electron chi connectivity index (χ3n) is 2.07. The minimum atomic E-state index is 0.697. The van der Waals surface area contributed by atoms with E-state index in [0.717, 1.165) is 15.9 Å². The van der Waals surface area contributed by atoms with Gasteiger partial charge in [-0.1, -0.05) is 12.1 Å². The van der Waals surface area contributed by atoms with Gasteiger partial charge in [-0.3, -0.25) is 0 Å². The molecule has 1 aromatic heterocycles. The summed E-state index contributed by atoms with van der Waals surface area (Å²) in [5.74, 6) is 0. The van der Waals surface area contributed by atoms with Gasteiger partial charge in [-0.05, 0) is 40.3 Å². The molecule has 0 radical (unpaired) electrons. The molecule has 0 amide bonds. The molecule has 0 aliphatic carbocycles. The Morgan fingerprint density at radius 3 is 3.00 bits per heavy atom. The number of aromatic nitrogens is 2. The zero-order valence-corrected chi connectivity index (χ0v) is 10.0. The molecule has 2 aromatic rings. The van der Waals surface area contributed by atoms with Crippen molar-refractivity contribution in [3.05, 3.63) is 51.6 Å². The summed E-state index contributed by atoms with van der Waals surface area (Å²) >= 11 is 2.19. The molecule has 1 heterocycles. The fourth-order valence-electron chi connectivity index (χ4n) is 1.36. The highest BCUT2D eigenvalue weighted by atomic mass is 127. The van der Waals surface area contributed by atoms with Crippen LogP contribution in [-0.4, -0.2) is 9.55 Å². The Labute approximate surface area is 102 Å². The Balaban J connectivity index is 2.25. The van der Waals surface area contributed by atoms with Gasteiger partial charge in [-0.15, -0.1) is 0 Å². The summed E-state index contributed by atoms with van der Waals surface area (Å²) in [6, 6.07) is 9.75. The molecule has 0 saturated heterocycles. The molecule has 4 heteroatoms. The van der Waals surface area contributed by atoms with E-state index in [4.69, 9.17) is 5.26 Å². The number of hydrogen-bond donors (Lipinski definition) is 0. The highest BCUT2D eigenvalue weighted by molar-refractivity contribution is 14.1. The van der Waals surface area contributed by atoms with Crippen LogP contribution in [0.15, 0.2) is 36.7 Å². The summed E-state index contributed by atoms with van der Waals surface area (Å²) in [5.41, 5.74) is 1.81. The van der Waals surface area contributed by atoms with E-state index in [1.165, 1.54) is 0 Å². The van der Waals surface area contributed by atoms with E-state index in [1.54, 1.807) is 6.20 Å². The quantitative estimate of drug-likeness (QED) is 0.800. The van der Waals surface area contributed by atoms with Crippen molar-refractivity contribution >= 4 is 22.6 Å². The van der Waals surface area contributed by atoms with E-state index >= 15 is 0 Å². The molecule has 0 spiro atoms. The van der Waals surface area contributed by atoms with Crippen LogP contribution in [0.25, 0.3) is 0 Å². The van der Waals surface area contributed by atoms with E-state index in [1.807, 2.05) is 35.0 Å². The van der Waals surface area contributed by atoms with Gasteiger partial charge in [0.05, 0.1) is 11.6 Å². The van der Waals surface area contributed by atoms with Crippen molar-refractivity contribution < 1.29 is 0 Å². The fraction of sp³-hybridized carbons (Fsp3) is 0.0909. The maximum absolute atomic E-state index is 8.77. The Morgan fingerprint density at radius 2 is 2.33 bits per heavy atom. The summed E-state index contributed by atoms with van der Waals surface area (Å²) in [7, 11) is 0. The lowest BCUT2D eigenvalue weighted by molar-refractivity contribution is 0.772. The van der Waals surface area contributed by atoms with Gasteiger partial charge in [0.2, 0.25) is 0 Å². The minimum absolute atomic E-state index is 0.697. The summed E-state index contributed by atoms with van der Waals surface area (Å²) < 4.78 is 2.99. The SMILES string of the molecule is N#Cc1cccc(Cn2ccnc2I)c1. The normalized spacial score (nSPS) is 9.87.